The Morgan fingerprint density at radius 1 is 1.22 bits per heavy atom. The molecule has 4 heteroatoms. The van der Waals surface area contributed by atoms with E-state index < -0.39 is 0 Å². The van der Waals surface area contributed by atoms with Gasteiger partial charge in [0.1, 0.15) is 5.76 Å². The summed E-state index contributed by atoms with van der Waals surface area (Å²) >= 11 is 0. The van der Waals surface area contributed by atoms with Gasteiger partial charge in [-0.25, -0.2) is 0 Å². The monoisotopic (exact) mass is 244 g/mol. The van der Waals surface area contributed by atoms with E-state index in [0.717, 1.165) is 11.4 Å². The molecule has 0 bridgehead atoms. The number of carbonyl (C=O) groups is 1. The van der Waals surface area contributed by atoms with E-state index in [1.54, 1.807) is 12.3 Å². The third-order valence-corrected chi connectivity index (χ3v) is 2.63. The number of amides is 1. The maximum absolute atomic E-state index is 12.1. The summed E-state index contributed by atoms with van der Waals surface area (Å²) in [5.74, 6) is 0.640. The molecular weight excluding hydrogens is 228 g/mol. The van der Waals surface area contributed by atoms with Gasteiger partial charge < -0.3 is 14.6 Å². The zero-order chi connectivity index (χ0) is 13.0. The van der Waals surface area contributed by atoms with Crippen LogP contribution in [-0.2, 0) is 6.54 Å². The molecule has 0 fully saturated rings. The van der Waals surface area contributed by atoms with Gasteiger partial charge in [-0.1, -0.05) is 12.1 Å². The zero-order valence-corrected chi connectivity index (χ0v) is 10.5. The minimum absolute atomic E-state index is 0.101. The maximum Gasteiger partial charge on any atom is 0.253 e. The molecule has 2 rings (SSSR count). The molecule has 0 saturated heterocycles. The molecule has 0 atom stereocenters. The number of hydrogen-bond acceptors (Lipinski definition) is 3. The summed E-state index contributed by atoms with van der Waals surface area (Å²) in [5, 5.41) is 2.84. The number of hydrogen-bond donors (Lipinski definition) is 1. The van der Waals surface area contributed by atoms with Crippen molar-refractivity contribution in [3.05, 3.63) is 54.0 Å². The largest absolute Gasteiger partial charge is 0.467 e. The molecule has 2 aromatic rings. The quantitative estimate of drug-likeness (QED) is 0.897. The van der Waals surface area contributed by atoms with Crippen LogP contribution in [-0.4, -0.2) is 20.0 Å². The third-order valence-electron chi connectivity index (χ3n) is 2.63. The average molecular weight is 244 g/mol. The van der Waals surface area contributed by atoms with Crippen molar-refractivity contribution in [1.29, 1.82) is 0 Å². The van der Waals surface area contributed by atoms with Gasteiger partial charge in [0.2, 0.25) is 0 Å². The van der Waals surface area contributed by atoms with Crippen LogP contribution in [0.3, 0.4) is 0 Å². The Hall–Kier alpha value is -2.23. The van der Waals surface area contributed by atoms with Gasteiger partial charge in [-0.2, -0.15) is 0 Å². The summed E-state index contributed by atoms with van der Waals surface area (Å²) in [5.41, 5.74) is 1.56. The molecule has 1 aromatic carbocycles. The second-order valence-electron chi connectivity index (χ2n) is 4.17. The molecule has 0 saturated carbocycles. The lowest BCUT2D eigenvalue weighted by Crippen LogP contribution is -2.25. The van der Waals surface area contributed by atoms with Gasteiger partial charge in [-0.05, 0) is 24.3 Å². The highest BCUT2D eigenvalue weighted by Gasteiger charge is 2.11. The van der Waals surface area contributed by atoms with Crippen molar-refractivity contribution >= 4 is 11.6 Å². The first kappa shape index (κ1) is 12.2. The highest BCUT2D eigenvalue weighted by Crippen LogP contribution is 2.17. The molecule has 0 aliphatic carbocycles. The number of benzene rings is 1. The van der Waals surface area contributed by atoms with Gasteiger partial charge in [-0.15, -0.1) is 0 Å². The molecule has 1 N–H and O–H groups in total. The van der Waals surface area contributed by atoms with Crippen LogP contribution in [0.4, 0.5) is 5.69 Å². The number of para-hydroxylation sites is 1. The van der Waals surface area contributed by atoms with Crippen LogP contribution in [0.1, 0.15) is 16.1 Å². The first-order valence-corrected chi connectivity index (χ1v) is 5.75. The Kier molecular flexibility index (Phi) is 3.67. The molecule has 1 heterocycles. The molecule has 0 unspecified atom stereocenters. The SMILES string of the molecule is CN(C)c1ccccc1C(=O)NCc1ccco1. The number of rotatable bonds is 4. The minimum Gasteiger partial charge on any atom is -0.467 e. The van der Waals surface area contributed by atoms with Gasteiger partial charge in [-0.3, -0.25) is 4.79 Å². The van der Waals surface area contributed by atoms with Crippen molar-refractivity contribution in [1.82, 2.24) is 5.32 Å². The normalized spacial score (nSPS) is 10.1. The molecule has 0 radical (unpaired) electrons. The first-order valence-electron chi connectivity index (χ1n) is 5.75. The zero-order valence-electron chi connectivity index (χ0n) is 10.5. The second-order valence-corrected chi connectivity index (χ2v) is 4.17. The van der Waals surface area contributed by atoms with Crippen molar-refractivity contribution < 1.29 is 9.21 Å². The molecule has 94 valence electrons. The summed E-state index contributed by atoms with van der Waals surface area (Å²) in [4.78, 5) is 14.0. The van der Waals surface area contributed by atoms with Crippen molar-refractivity contribution in [2.75, 3.05) is 19.0 Å². The van der Waals surface area contributed by atoms with E-state index in [2.05, 4.69) is 5.32 Å². The van der Waals surface area contributed by atoms with E-state index >= 15 is 0 Å². The lowest BCUT2D eigenvalue weighted by Gasteiger charge is -2.16. The summed E-state index contributed by atoms with van der Waals surface area (Å²) in [7, 11) is 3.83. The summed E-state index contributed by atoms with van der Waals surface area (Å²) in [6.07, 6.45) is 1.59. The maximum atomic E-state index is 12.1. The van der Waals surface area contributed by atoms with Gasteiger partial charge in [0, 0.05) is 19.8 Å². The Labute approximate surface area is 106 Å². The molecule has 18 heavy (non-hydrogen) atoms. The number of carbonyl (C=O) groups excluding carboxylic acids is 1. The van der Waals surface area contributed by atoms with Crippen molar-refractivity contribution in [2.24, 2.45) is 0 Å². The fourth-order valence-electron chi connectivity index (χ4n) is 1.73. The van der Waals surface area contributed by atoms with Crippen LogP contribution in [0.5, 0.6) is 0 Å². The second kappa shape index (κ2) is 5.40. The van der Waals surface area contributed by atoms with Crippen LogP contribution in [0.2, 0.25) is 0 Å². The lowest BCUT2D eigenvalue weighted by molar-refractivity contribution is 0.0948. The highest BCUT2D eigenvalue weighted by atomic mass is 16.3. The highest BCUT2D eigenvalue weighted by molar-refractivity contribution is 5.99. The predicted octanol–water partition coefficient (Wildman–Crippen LogP) is 2.28. The van der Waals surface area contributed by atoms with Gasteiger partial charge in [0.05, 0.1) is 18.4 Å². The van der Waals surface area contributed by atoms with Gasteiger partial charge in [0.25, 0.3) is 5.91 Å². The third kappa shape index (κ3) is 2.71. The molecule has 0 spiro atoms. The average Bonchev–Trinajstić information content (AvgIpc) is 2.89. The number of nitrogens with zero attached hydrogens (tertiary/aromatic N) is 1. The van der Waals surface area contributed by atoms with E-state index in [0.29, 0.717) is 12.1 Å². The lowest BCUT2D eigenvalue weighted by atomic mass is 10.1. The molecule has 0 aliphatic rings. The molecular formula is C14H16N2O2. The van der Waals surface area contributed by atoms with E-state index in [9.17, 15) is 4.79 Å². The van der Waals surface area contributed by atoms with Crippen molar-refractivity contribution in [3.8, 4) is 0 Å². The fourth-order valence-corrected chi connectivity index (χ4v) is 1.73. The van der Waals surface area contributed by atoms with Crippen LogP contribution >= 0.6 is 0 Å². The number of furan rings is 1. The fraction of sp³-hybridized carbons (Fsp3) is 0.214. The predicted molar refractivity (Wildman–Crippen MR) is 70.6 cm³/mol. The first-order chi connectivity index (χ1) is 8.68. The smallest absolute Gasteiger partial charge is 0.253 e. The summed E-state index contributed by atoms with van der Waals surface area (Å²) in [6.45, 7) is 0.396. The minimum atomic E-state index is -0.101. The summed E-state index contributed by atoms with van der Waals surface area (Å²) < 4.78 is 5.17. The van der Waals surface area contributed by atoms with Gasteiger partial charge in [0.15, 0.2) is 0 Å². The van der Waals surface area contributed by atoms with E-state index in [-0.39, 0.29) is 5.91 Å². The molecule has 1 amide bonds. The molecule has 1 aromatic heterocycles. The molecule has 0 aliphatic heterocycles. The summed E-state index contributed by atoms with van der Waals surface area (Å²) in [6, 6.07) is 11.1. The Morgan fingerprint density at radius 3 is 2.67 bits per heavy atom. The van der Waals surface area contributed by atoms with E-state index in [4.69, 9.17) is 4.42 Å². The van der Waals surface area contributed by atoms with Gasteiger partial charge >= 0.3 is 0 Å². The van der Waals surface area contributed by atoms with Crippen LogP contribution in [0.15, 0.2) is 47.1 Å². The number of anilines is 1. The topological polar surface area (TPSA) is 45.5 Å². The Balaban J connectivity index is 2.09. The standard InChI is InChI=1S/C14H16N2O2/c1-16(2)13-8-4-3-7-12(13)14(17)15-10-11-6-5-9-18-11/h3-9H,10H2,1-2H3,(H,15,17). The van der Waals surface area contributed by atoms with Crippen molar-refractivity contribution in [2.45, 2.75) is 6.54 Å². The number of nitrogens with one attached hydrogen (secondary N) is 1. The Morgan fingerprint density at radius 2 is 2.00 bits per heavy atom. The van der Waals surface area contributed by atoms with Crippen molar-refractivity contribution in [3.63, 3.8) is 0 Å². The van der Waals surface area contributed by atoms with E-state index in [1.807, 2.05) is 49.3 Å². The molecule has 4 nitrogen and oxygen atoms in total. The van der Waals surface area contributed by atoms with Crippen LogP contribution in [0.25, 0.3) is 0 Å². The van der Waals surface area contributed by atoms with E-state index in [1.165, 1.54) is 0 Å². The van der Waals surface area contributed by atoms with Crippen LogP contribution < -0.4 is 10.2 Å². The van der Waals surface area contributed by atoms with Crippen LogP contribution in [0, 0.1) is 0 Å². The Bertz CT molecular complexity index is 518.